The summed E-state index contributed by atoms with van der Waals surface area (Å²) >= 11 is 0. The summed E-state index contributed by atoms with van der Waals surface area (Å²) in [5.74, 6) is 0. The first-order valence-corrected chi connectivity index (χ1v) is 21.6. The topological polar surface area (TPSA) is 13.1 Å². The van der Waals surface area contributed by atoms with Crippen LogP contribution in [-0.2, 0) is 0 Å². The maximum absolute atomic E-state index is 2.38. The van der Waals surface area contributed by atoms with Crippen LogP contribution in [0.2, 0.25) is 0 Å². The maximum atomic E-state index is 2.38. The summed E-state index contributed by atoms with van der Waals surface area (Å²) in [6.07, 6.45) is 0. The Kier molecular flexibility index (Phi) is 8.83. The molecule has 0 saturated heterocycles. The molecule has 3 nitrogen and oxygen atoms in total. The Balaban J connectivity index is 1.000. The number of rotatable bonds is 8. The molecule has 0 radical (unpaired) electrons. The standard InChI is InChI=1S/C60H41N3/c1-4-16-48(17-5-1)61(49-18-6-2-7-19-49)51-33-28-42(29-34-51)45-38-46(43-30-35-52(36-31-43)63-57-25-13-10-22-53(57)54-23-11-14-26-58(54)63)40-47(39-45)44-32-37-60-56(41-44)55-24-12-15-27-59(55)62(60)50-20-8-3-9-21-50/h1-41H. The fourth-order valence-corrected chi connectivity index (χ4v) is 9.54. The van der Waals surface area contributed by atoms with E-state index in [4.69, 9.17) is 0 Å². The van der Waals surface area contributed by atoms with E-state index < -0.39 is 0 Å². The molecule has 12 rings (SSSR count). The smallest absolute Gasteiger partial charge is 0.0541 e. The number of nitrogens with zero attached hydrogens (tertiary/aromatic N) is 3. The molecule has 2 aromatic heterocycles. The van der Waals surface area contributed by atoms with Crippen molar-refractivity contribution in [2.45, 2.75) is 0 Å². The van der Waals surface area contributed by atoms with E-state index in [1.165, 1.54) is 71.4 Å². The normalized spacial score (nSPS) is 11.5. The molecule has 0 bridgehead atoms. The highest BCUT2D eigenvalue weighted by Gasteiger charge is 2.17. The molecule has 296 valence electrons. The lowest BCUT2D eigenvalue weighted by atomic mass is 9.92. The molecule has 2 heterocycles. The molecule has 0 fully saturated rings. The lowest BCUT2D eigenvalue weighted by Gasteiger charge is -2.25. The van der Waals surface area contributed by atoms with Gasteiger partial charge in [0.15, 0.2) is 0 Å². The molecule has 12 aromatic rings. The molecule has 0 spiro atoms. The molecule has 0 aliphatic carbocycles. The van der Waals surface area contributed by atoms with Crippen molar-refractivity contribution in [2.24, 2.45) is 0 Å². The van der Waals surface area contributed by atoms with Gasteiger partial charge in [0, 0.05) is 50.0 Å². The van der Waals surface area contributed by atoms with Gasteiger partial charge in [0.05, 0.1) is 22.1 Å². The van der Waals surface area contributed by atoms with E-state index in [1.54, 1.807) is 0 Å². The predicted octanol–water partition coefficient (Wildman–Crippen LogP) is 16.4. The molecule has 10 aromatic carbocycles. The number of para-hydroxylation sites is 6. The van der Waals surface area contributed by atoms with E-state index in [1.807, 2.05) is 0 Å². The summed E-state index contributed by atoms with van der Waals surface area (Å²) in [7, 11) is 0. The van der Waals surface area contributed by atoms with E-state index in [0.29, 0.717) is 0 Å². The number of hydrogen-bond donors (Lipinski definition) is 0. The van der Waals surface area contributed by atoms with Crippen molar-refractivity contribution in [2.75, 3.05) is 4.90 Å². The van der Waals surface area contributed by atoms with Crippen molar-refractivity contribution in [1.29, 1.82) is 0 Å². The highest BCUT2D eigenvalue weighted by Crippen LogP contribution is 2.40. The average Bonchev–Trinajstić information content (AvgIpc) is 3.88. The molecule has 63 heavy (non-hydrogen) atoms. The first-order chi connectivity index (χ1) is 31.2. The van der Waals surface area contributed by atoms with Crippen LogP contribution in [0.1, 0.15) is 0 Å². The van der Waals surface area contributed by atoms with Crippen LogP contribution in [0.5, 0.6) is 0 Å². The van der Waals surface area contributed by atoms with Crippen LogP contribution in [0.3, 0.4) is 0 Å². The van der Waals surface area contributed by atoms with Gasteiger partial charge in [-0.05, 0) is 143 Å². The summed E-state index contributed by atoms with van der Waals surface area (Å²) in [5, 5.41) is 5.01. The van der Waals surface area contributed by atoms with Gasteiger partial charge in [-0.3, -0.25) is 0 Å². The average molecular weight is 804 g/mol. The van der Waals surface area contributed by atoms with Crippen molar-refractivity contribution in [3.63, 3.8) is 0 Å². The second-order valence-electron chi connectivity index (χ2n) is 16.2. The zero-order valence-electron chi connectivity index (χ0n) is 34.5. The highest BCUT2D eigenvalue weighted by molar-refractivity contribution is 6.11. The van der Waals surface area contributed by atoms with Crippen molar-refractivity contribution < 1.29 is 0 Å². The number of anilines is 3. The van der Waals surface area contributed by atoms with Crippen LogP contribution in [0.15, 0.2) is 249 Å². The fourth-order valence-electron chi connectivity index (χ4n) is 9.54. The largest absolute Gasteiger partial charge is 0.311 e. The number of hydrogen-bond acceptors (Lipinski definition) is 1. The van der Waals surface area contributed by atoms with Gasteiger partial charge in [-0.1, -0.05) is 140 Å². The maximum Gasteiger partial charge on any atom is 0.0541 e. The summed E-state index contributed by atoms with van der Waals surface area (Å²) in [4.78, 5) is 2.31. The van der Waals surface area contributed by atoms with Crippen LogP contribution in [0.4, 0.5) is 17.1 Å². The Labute approximate surface area is 366 Å². The molecule has 0 unspecified atom stereocenters. The molecular weight excluding hydrogens is 763 g/mol. The van der Waals surface area contributed by atoms with E-state index >= 15 is 0 Å². The minimum Gasteiger partial charge on any atom is -0.311 e. The summed E-state index contributed by atoms with van der Waals surface area (Å²) in [6.45, 7) is 0. The molecule has 3 heteroatoms. The monoisotopic (exact) mass is 803 g/mol. The first-order valence-electron chi connectivity index (χ1n) is 21.6. The van der Waals surface area contributed by atoms with Crippen LogP contribution < -0.4 is 4.90 Å². The summed E-state index contributed by atoms with van der Waals surface area (Å²) in [6, 6.07) is 90.1. The number of fused-ring (bicyclic) bond motifs is 6. The lowest BCUT2D eigenvalue weighted by molar-refractivity contribution is 1.18. The van der Waals surface area contributed by atoms with Crippen LogP contribution in [0.25, 0.3) is 88.4 Å². The van der Waals surface area contributed by atoms with E-state index in [0.717, 1.165) is 34.0 Å². The molecule has 0 saturated carbocycles. The number of benzene rings is 10. The van der Waals surface area contributed by atoms with Crippen LogP contribution >= 0.6 is 0 Å². The quantitative estimate of drug-likeness (QED) is 0.149. The second kappa shape index (κ2) is 15.3. The Bertz CT molecular complexity index is 3490. The molecule has 0 atom stereocenters. The summed E-state index contributed by atoms with van der Waals surface area (Å²) in [5.41, 5.74) is 17.5. The van der Waals surface area contributed by atoms with Gasteiger partial charge in [0.25, 0.3) is 0 Å². The van der Waals surface area contributed by atoms with E-state index in [-0.39, 0.29) is 0 Å². The van der Waals surface area contributed by atoms with Crippen LogP contribution in [-0.4, -0.2) is 9.13 Å². The van der Waals surface area contributed by atoms with Gasteiger partial charge in [0.2, 0.25) is 0 Å². The SMILES string of the molecule is c1ccc(N(c2ccccc2)c2ccc(-c3cc(-c4ccc(-n5c6ccccc6c6ccccc65)cc4)cc(-c4ccc5c(c4)c4ccccc4n5-c4ccccc4)c3)cc2)cc1. The van der Waals surface area contributed by atoms with Crippen molar-refractivity contribution in [3.8, 4) is 44.8 Å². The Morgan fingerprint density at radius 1 is 0.222 bits per heavy atom. The summed E-state index contributed by atoms with van der Waals surface area (Å²) < 4.78 is 4.76. The van der Waals surface area contributed by atoms with Crippen molar-refractivity contribution in [1.82, 2.24) is 9.13 Å². The van der Waals surface area contributed by atoms with Gasteiger partial charge < -0.3 is 14.0 Å². The molecule has 0 aliphatic rings. The van der Waals surface area contributed by atoms with E-state index in [9.17, 15) is 0 Å². The molecule has 0 aliphatic heterocycles. The van der Waals surface area contributed by atoms with Crippen LogP contribution in [0, 0.1) is 0 Å². The van der Waals surface area contributed by atoms with Gasteiger partial charge in [0.1, 0.15) is 0 Å². The minimum absolute atomic E-state index is 1.11. The zero-order valence-corrected chi connectivity index (χ0v) is 34.5. The Hall–Kier alpha value is -8.40. The third-order valence-electron chi connectivity index (χ3n) is 12.5. The predicted molar refractivity (Wildman–Crippen MR) is 266 cm³/mol. The minimum atomic E-state index is 1.11. The van der Waals surface area contributed by atoms with Crippen molar-refractivity contribution in [3.05, 3.63) is 249 Å². The third kappa shape index (κ3) is 6.38. The lowest BCUT2D eigenvalue weighted by Crippen LogP contribution is -2.09. The molecule has 0 N–H and O–H groups in total. The van der Waals surface area contributed by atoms with Crippen molar-refractivity contribution >= 4 is 60.7 Å². The second-order valence-corrected chi connectivity index (χ2v) is 16.2. The molecule has 0 amide bonds. The third-order valence-corrected chi connectivity index (χ3v) is 12.5. The first kappa shape index (κ1) is 36.5. The zero-order chi connectivity index (χ0) is 41.7. The number of aromatic nitrogens is 2. The Morgan fingerprint density at radius 2 is 0.571 bits per heavy atom. The van der Waals surface area contributed by atoms with Gasteiger partial charge in [-0.2, -0.15) is 0 Å². The Morgan fingerprint density at radius 3 is 1.08 bits per heavy atom. The van der Waals surface area contributed by atoms with Gasteiger partial charge >= 0.3 is 0 Å². The highest BCUT2D eigenvalue weighted by atomic mass is 15.1. The van der Waals surface area contributed by atoms with E-state index in [2.05, 4.69) is 263 Å². The fraction of sp³-hybridized carbons (Fsp3) is 0. The molecular formula is C60H41N3. The van der Waals surface area contributed by atoms with Gasteiger partial charge in [-0.15, -0.1) is 0 Å². The van der Waals surface area contributed by atoms with Gasteiger partial charge in [-0.25, -0.2) is 0 Å².